The minimum atomic E-state index is -3.24. The van der Waals surface area contributed by atoms with Crippen LogP contribution in [0, 0.1) is 0 Å². The molecule has 2 N–H and O–H groups in total. The summed E-state index contributed by atoms with van der Waals surface area (Å²) in [5, 5.41) is 7.58. The second-order valence-corrected chi connectivity index (χ2v) is 9.31. The maximum atomic E-state index is 12.3. The third kappa shape index (κ3) is 8.44. The molecule has 2 aromatic rings. The van der Waals surface area contributed by atoms with Crippen LogP contribution in [0.3, 0.4) is 0 Å². The average Bonchev–Trinajstić information content (AvgIpc) is 3.14. The first-order valence-electron chi connectivity index (χ1n) is 9.28. The molecule has 1 aromatic carbocycles. The summed E-state index contributed by atoms with van der Waals surface area (Å²) < 4.78 is 24.5. The smallest absolute Gasteiger partial charge is 0.191 e. The highest BCUT2D eigenvalue weighted by Gasteiger charge is 2.12. The molecule has 0 radical (unpaired) electrons. The van der Waals surface area contributed by atoms with Crippen LogP contribution in [0.2, 0.25) is 0 Å². The number of hydrogen-bond acceptors (Lipinski definition) is 5. The Morgan fingerprint density at radius 2 is 1.93 bits per heavy atom. The van der Waals surface area contributed by atoms with Crippen LogP contribution in [0.25, 0.3) is 0 Å². The summed E-state index contributed by atoms with van der Waals surface area (Å²) in [4.78, 5) is 10.6. The highest BCUT2D eigenvalue weighted by molar-refractivity contribution is 14.0. The summed E-state index contributed by atoms with van der Waals surface area (Å²) >= 11 is 1.74. The van der Waals surface area contributed by atoms with Gasteiger partial charge in [0.2, 0.25) is 0 Å². The van der Waals surface area contributed by atoms with Crippen molar-refractivity contribution in [2.45, 2.75) is 38.0 Å². The molecule has 0 spiro atoms. The number of hydrogen-bond donors (Lipinski definition) is 2. The number of aliphatic imine (C=N–C) groups is 1. The van der Waals surface area contributed by atoms with Gasteiger partial charge >= 0.3 is 0 Å². The van der Waals surface area contributed by atoms with Gasteiger partial charge in [0.15, 0.2) is 15.8 Å². The molecule has 0 fully saturated rings. The zero-order chi connectivity index (χ0) is 19.5. The van der Waals surface area contributed by atoms with Crippen molar-refractivity contribution in [1.82, 2.24) is 15.6 Å². The molecule has 0 saturated heterocycles. The molecule has 0 unspecified atom stereocenters. The lowest BCUT2D eigenvalue weighted by atomic mass is 10.4. The van der Waals surface area contributed by atoms with Gasteiger partial charge in [-0.3, -0.25) is 4.99 Å². The first-order chi connectivity index (χ1) is 13.0. The van der Waals surface area contributed by atoms with Gasteiger partial charge in [0.25, 0.3) is 0 Å². The molecule has 0 atom stereocenters. The molecule has 28 heavy (non-hydrogen) atoms. The summed E-state index contributed by atoms with van der Waals surface area (Å²) in [7, 11) is -3.24. The number of guanidine groups is 1. The molecule has 1 aromatic heterocycles. The molecule has 1 heterocycles. The Morgan fingerprint density at radius 3 is 2.57 bits per heavy atom. The highest BCUT2D eigenvalue weighted by Crippen LogP contribution is 2.13. The molecule has 0 aliphatic carbocycles. The Balaban J connectivity index is 0.00000392. The highest BCUT2D eigenvalue weighted by atomic mass is 127. The van der Waals surface area contributed by atoms with Gasteiger partial charge in [-0.15, -0.1) is 35.3 Å². The maximum absolute atomic E-state index is 12.3. The van der Waals surface area contributed by atoms with Gasteiger partial charge in [-0.2, -0.15) is 0 Å². The summed E-state index contributed by atoms with van der Waals surface area (Å²) in [6.07, 6.45) is 4.28. The first-order valence-corrected chi connectivity index (χ1v) is 11.8. The maximum Gasteiger partial charge on any atom is 0.191 e. The lowest BCUT2D eigenvalue weighted by Crippen LogP contribution is -2.38. The van der Waals surface area contributed by atoms with Gasteiger partial charge in [-0.05, 0) is 31.9 Å². The number of nitrogens with one attached hydrogen (secondary N) is 2. The third-order valence-corrected chi connectivity index (χ3v) is 6.89. The molecular weight excluding hydrogens is 507 g/mol. The van der Waals surface area contributed by atoms with E-state index in [2.05, 4.69) is 27.5 Å². The fraction of sp³-hybridized carbons (Fsp3) is 0.474. The zero-order valence-electron chi connectivity index (χ0n) is 16.3. The van der Waals surface area contributed by atoms with Gasteiger partial charge < -0.3 is 10.6 Å². The van der Waals surface area contributed by atoms with E-state index in [4.69, 9.17) is 0 Å². The standard InChI is InChI=1S/C19H28N4O2S2.HI/c1-3-16-15-23-18(26-16)11-13-22-19(20-4-2)21-12-8-14-27(24,25)17-9-6-5-7-10-17;/h5-7,9-10,15H,3-4,8,11-14H2,1-2H3,(H2,20,21,22);1H. The predicted molar refractivity (Wildman–Crippen MR) is 128 cm³/mol. The number of nitrogens with zero attached hydrogens (tertiary/aromatic N) is 2. The van der Waals surface area contributed by atoms with Crippen LogP contribution in [0.4, 0.5) is 0 Å². The van der Waals surface area contributed by atoms with Crippen LogP contribution < -0.4 is 10.6 Å². The molecule has 9 heteroatoms. The minimum absolute atomic E-state index is 0. The van der Waals surface area contributed by atoms with Crippen molar-refractivity contribution in [2.75, 3.05) is 25.4 Å². The van der Waals surface area contributed by atoms with Gasteiger partial charge in [-0.1, -0.05) is 25.1 Å². The quantitative estimate of drug-likeness (QED) is 0.211. The number of benzene rings is 1. The molecule has 0 saturated carbocycles. The van der Waals surface area contributed by atoms with Crippen LogP contribution in [0.5, 0.6) is 0 Å². The fourth-order valence-electron chi connectivity index (χ4n) is 2.45. The second-order valence-electron chi connectivity index (χ2n) is 6.00. The molecule has 0 aliphatic heterocycles. The van der Waals surface area contributed by atoms with E-state index in [-0.39, 0.29) is 29.7 Å². The van der Waals surface area contributed by atoms with Gasteiger partial charge in [0, 0.05) is 37.1 Å². The van der Waals surface area contributed by atoms with E-state index >= 15 is 0 Å². The summed E-state index contributed by atoms with van der Waals surface area (Å²) in [5.41, 5.74) is 0. The van der Waals surface area contributed by atoms with E-state index < -0.39 is 9.84 Å². The first kappa shape index (κ1) is 24.8. The van der Waals surface area contributed by atoms with Gasteiger partial charge in [0.1, 0.15) is 0 Å². The second kappa shape index (κ2) is 13.1. The van der Waals surface area contributed by atoms with Gasteiger partial charge in [-0.25, -0.2) is 13.4 Å². The van der Waals surface area contributed by atoms with Crippen molar-refractivity contribution >= 4 is 51.1 Å². The van der Waals surface area contributed by atoms with Crippen LogP contribution >= 0.6 is 35.3 Å². The van der Waals surface area contributed by atoms with Crippen molar-refractivity contribution in [3.8, 4) is 0 Å². The molecular formula is C19H29IN4O2S2. The number of aromatic nitrogens is 1. The van der Waals surface area contributed by atoms with Crippen molar-refractivity contribution in [3.63, 3.8) is 0 Å². The van der Waals surface area contributed by atoms with E-state index in [1.165, 1.54) is 4.88 Å². The van der Waals surface area contributed by atoms with Crippen molar-refractivity contribution in [3.05, 3.63) is 46.4 Å². The lowest BCUT2D eigenvalue weighted by molar-refractivity contribution is 0.593. The Kier molecular flexibility index (Phi) is 11.6. The SMILES string of the molecule is CCNC(=NCCCS(=O)(=O)c1ccccc1)NCCc1ncc(CC)s1.I. The molecule has 156 valence electrons. The van der Waals surface area contributed by atoms with E-state index in [9.17, 15) is 8.42 Å². The molecule has 0 bridgehead atoms. The summed E-state index contributed by atoms with van der Waals surface area (Å²) in [6, 6.07) is 8.56. The Hall–Kier alpha value is -1.20. The van der Waals surface area contributed by atoms with Crippen LogP contribution in [0.15, 0.2) is 46.4 Å². The zero-order valence-corrected chi connectivity index (χ0v) is 20.3. The van der Waals surface area contributed by atoms with Crippen LogP contribution in [0.1, 0.15) is 30.2 Å². The predicted octanol–water partition coefficient (Wildman–Crippen LogP) is 3.29. The number of rotatable bonds is 10. The number of halogens is 1. The third-order valence-electron chi connectivity index (χ3n) is 3.87. The fourth-order valence-corrected chi connectivity index (χ4v) is 4.63. The van der Waals surface area contributed by atoms with Crippen LogP contribution in [-0.4, -0.2) is 44.7 Å². The monoisotopic (exact) mass is 536 g/mol. The summed E-state index contributed by atoms with van der Waals surface area (Å²) in [5.74, 6) is 0.806. The van der Waals surface area contributed by atoms with Crippen molar-refractivity contribution in [2.24, 2.45) is 4.99 Å². The number of aryl methyl sites for hydroxylation is 1. The number of sulfone groups is 1. The molecule has 2 rings (SSSR count). The summed E-state index contributed by atoms with van der Waals surface area (Å²) in [6.45, 7) is 6.09. The van der Waals surface area contributed by atoms with E-state index in [0.717, 1.165) is 30.9 Å². The molecule has 0 amide bonds. The van der Waals surface area contributed by atoms with E-state index in [1.807, 2.05) is 19.2 Å². The van der Waals surface area contributed by atoms with E-state index in [0.29, 0.717) is 23.8 Å². The van der Waals surface area contributed by atoms with Gasteiger partial charge in [0.05, 0.1) is 15.7 Å². The van der Waals surface area contributed by atoms with E-state index in [1.54, 1.807) is 35.6 Å². The molecule has 0 aliphatic rings. The minimum Gasteiger partial charge on any atom is -0.357 e. The van der Waals surface area contributed by atoms with Crippen molar-refractivity contribution < 1.29 is 8.42 Å². The number of thiazole rings is 1. The molecule has 6 nitrogen and oxygen atoms in total. The largest absolute Gasteiger partial charge is 0.357 e. The topological polar surface area (TPSA) is 83.5 Å². The average molecular weight is 537 g/mol. The Bertz CT molecular complexity index is 823. The van der Waals surface area contributed by atoms with Crippen LogP contribution in [-0.2, 0) is 22.7 Å². The van der Waals surface area contributed by atoms with Crippen molar-refractivity contribution in [1.29, 1.82) is 0 Å². The lowest BCUT2D eigenvalue weighted by Gasteiger charge is -2.10. The Labute approximate surface area is 189 Å². The normalized spacial score (nSPS) is 11.7. The Morgan fingerprint density at radius 1 is 1.18 bits per heavy atom.